The number of carbonyl (C=O) groups excluding carboxylic acids is 1. The van der Waals surface area contributed by atoms with Crippen molar-refractivity contribution in [3.8, 4) is 0 Å². The van der Waals surface area contributed by atoms with Crippen LogP contribution in [0.15, 0.2) is 6.07 Å². The number of carboxylic acids is 1. The number of aryl methyl sites for hydroxylation is 1. The molecule has 0 saturated heterocycles. The lowest BCUT2D eigenvalue weighted by molar-refractivity contribution is -0.139. The van der Waals surface area contributed by atoms with E-state index in [4.69, 9.17) is 4.74 Å². The number of nitrogens with one attached hydrogen (secondary N) is 1. The molecule has 2 N–H and O–H groups in total. The number of amides is 1. The topological polar surface area (TPSA) is 75.6 Å². The molecule has 0 radical (unpaired) electrons. The van der Waals surface area contributed by atoms with E-state index < -0.39 is 12.0 Å². The van der Waals surface area contributed by atoms with Crippen LogP contribution in [0.5, 0.6) is 0 Å². The summed E-state index contributed by atoms with van der Waals surface area (Å²) >= 11 is 3.34. The number of aliphatic carboxylic acids is 1. The Hall–Kier alpha value is -1.05. The molecule has 1 aromatic rings. The summed E-state index contributed by atoms with van der Waals surface area (Å²) in [6, 6.07) is 1.04. The first kappa shape index (κ1) is 16.3. The largest absolute Gasteiger partial charge is 0.480 e. The van der Waals surface area contributed by atoms with Crippen LogP contribution in [0.3, 0.4) is 0 Å². The van der Waals surface area contributed by atoms with Gasteiger partial charge in [-0.05, 0) is 36.6 Å². The summed E-state index contributed by atoms with van der Waals surface area (Å²) < 4.78 is 4.91. The molecular weight excluding hydrogens is 310 g/mol. The van der Waals surface area contributed by atoms with Crippen LogP contribution in [0.1, 0.15) is 33.0 Å². The monoisotopic (exact) mass is 329 g/mol. The Kier molecular flexibility index (Phi) is 6.08. The Morgan fingerprint density at radius 1 is 1.52 bits per heavy atom. The summed E-state index contributed by atoms with van der Waals surface area (Å²) in [5.41, 5.74) is 1.22. The Bertz CT molecular complexity index is 492. The molecule has 2 rings (SSSR count). The number of fused-ring (bicyclic) bond motifs is 1. The molecule has 1 unspecified atom stereocenters. The predicted octanol–water partition coefficient (Wildman–Crippen LogP) is 2.15. The third kappa shape index (κ3) is 4.46. The fourth-order valence-corrected chi connectivity index (χ4v) is 4.45. The summed E-state index contributed by atoms with van der Waals surface area (Å²) in [6.45, 7) is 0.490. The van der Waals surface area contributed by atoms with Crippen LogP contribution in [-0.4, -0.2) is 42.5 Å². The van der Waals surface area contributed by atoms with E-state index in [-0.39, 0.29) is 5.91 Å². The quantitative estimate of drug-likeness (QED) is 0.750. The fraction of sp³-hybridized carbons (Fsp3) is 0.571. The van der Waals surface area contributed by atoms with Crippen molar-refractivity contribution in [3.63, 3.8) is 0 Å². The number of hydrogen-bond acceptors (Lipinski definition) is 5. The Labute approximate surface area is 132 Å². The van der Waals surface area contributed by atoms with Crippen LogP contribution in [0.2, 0.25) is 0 Å². The highest BCUT2D eigenvalue weighted by Crippen LogP contribution is 2.31. The van der Waals surface area contributed by atoms with Crippen molar-refractivity contribution in [2.75, 3.05) is 19.5 Å². The van der Waals surface area contributed by atoms with Gasteiger partial charge in [-0.15, -0.1) is 11.3 Å². The molecule has 1 amide bonds. The second kappa shape index (κ2) is 7.82. The third-order valence-corrected chi connectivity index (χ3v) is 5.54. The van der Waals surface area contributed by atoms with E-state index in [1.807, 2.05) is 17.8 Å². The first-order chi connectivity index (χ1) is 10.1. The summed E-state index contributed by atoms with van der Waals surface area (Å²) in [4.78, 5) is 25.3. The van der Waals surface area contributed by atoms with Crippen LogP contribution < -0.4 is 5.32 Å². The number of methoxy groups -OCH3 is 1. The highest BCUT2D eigenvalue weighted by Gasteiger charge is 2.23. The molecule has 21 heavy (non-hydrogen) atoms. The van der Waals surface area contributed by atoms with Gasteiger partial charge in [0.1, 0.15) is 6.04 Å². The van der Waals surface area contributed by atoms with Gasteiger partial charge in [-0.25, -0.2) is 4.79 Å². The molecule has 5 nitrogen and oxygen atoms in total. The van der Waals surface area contributed by atoms with Crippen LogP contribution in [0.25, 0.3) is 0 Å². The average molecular weight is 329 g/mol. The minimum absolute atomic E-state index is 0.288. The number of thiophene rings is 1. The van der Waals surface area contributed by atoms with Gasteiger partial charge in [0.15, 0.2) is 0 Å². The number of carbonyl (C=O) groups is 2. The van der Waals surface area contributed by atoms with E-state index in [2.05, 4.69) is 5.32 Å². The molecule has 1 atom stereocenters. The first-order valence-electron chi connectivity index (χ1n) is 6.83. The molecule has 0 saturated carbocycles. The number of carboxylic acid groups (broad SMARTS) is 1. The molecule has 0 aromatic carbocycles. The summed E-state index contributed by atoms with van der Waals surface area (Å²) in [5.74, 6) is 0.735. The summed E-state index contributed by atoms with van der Waals surface area (Å²) in [7, 11) is 1.57. The maximum absolute atomic E-state index is 12.2. The maximum Gasteiger partial charge on any atom is 0.326 e. The van der Waals surface area contributed by atoms with E-state index >= 15 is 0 Å². The van der Waals surface area contributed by atoms with Crippen LogP contribution in [0, 0.1) is 0 Å². The lowest BCUT2D eigenvalue weighted by Gasteiger charge is -2.13. The van der Waals surface area contributed by atoms with Crippen molar-refractivity contribution in [1.82, 2.24) is 5.32 Å². The number of thioether (sulfide) groups is 1. The van der Waals surface area contributed by atoms with Crippen molar-refractivity contribution in [2.45, 2.75) is 31.1 Å². The zero-order valence-corrected chi connectivity index (χ0v) is 13.5. The van der Waals surface area contributed by atoms with Gasteiger partial charge in [0.25, 0.3) is 5.91 Å². The zero-order valence-electron chi connectivity index (χ0n) is 11.9. The van der Waals surface area contributed by atoms with E-state index in [9.17, 15) is 14.7 Å². The molecule has 1 aliphatic heterocycles. The fourth-order valence-electron chi connectivity index (χ4n) is 2.18. The van der Waals surface area contributed by atoms with Crippen molar-refractivity contribution >= 4 is 35.0 Å². The number of ether oxygens (including phenoxy) is 1. The van der Waals surface area contributed by atoms with Gasteiger partial charge in [-0.3, -0.25) is 4.79 Å². The van der Waals surface area contributed by atoms with Gasteiger partial charge in [0.05, 0.1) is 4.88 Å². The van der Waals surface area contributed by atoms with Gasteiger partial charge in [0.2, 0.25) is 0 Å². The number of hydrogen-bond donors (Lipinski definition) is 2. The lowest BCUT2D eigenvalue weighted by Crippen LogP contribution is -2.40. The molecule has 7 heteroatoms. The van der Waals surface area contributed by atoms with E-state index in [0.717, 1.165) is 17.9 Å². The molecule has 1 aliphatic rings. The SMILES string of the molecule is COCCCC(NC(=O)c1cc2c(s1)CCSC2)C(=O)O. The van der Waals surface area contributed by atoms with Crippen LogP contribution in [0.4, 0.5) is 0 Å². The zero-order chi connectivity index (χ0) is 15.2. The summed E-state index contributed by atoms with van der Waals surface area (Å²) in [6.07, 6.45) is 1.97. The molecule has 0 spiro atoms. The third-order valence-electron chi connectivity index (χ3n) is 3.30. The average Bonchev–Trinajstić information content (AvgIpc) is 2.90. The first-order valence-corrected chi connectivity index (χ1v) is 8.81. The Balaban J connectivity index is 1.97. The molecule has 0 fully saturated rings. The second-order valence-electron chi connectivity index (χ2n) is 4.86. The molecule has 1 aromatic heterocycles. The van der Waals surface area contributed by atoms with E-state index in [0.29, 0.717) is 24.3 Å². The van der Waals surface area contributed by atoms with Gasteiger partial charge in [0, 0.05) is 24.3 Å². The molecule has 116 valence electrons. The van der Waals surface area contributed by atoms with Crippen molar-refractivity contribution < 1.29 is 19.4 Å². The molecule has 0 aliphatic carbocycles. The highest BCUT2D eigenvalue weighted by molar-refractivity contribution is 7.98. The van der Waals surface area contributed by atoms with Crippen molar-refractivity contribution in [3.05, 3.63) is 21.4 Å². The van der Waals surface area contributed by atoms with Crippen LogP contribution in [-0.2, 0) is 21.7 Å². The maximum atomic E-state index is 12.2. The van der Waals surface area contributed by atoms with E-state index in [1.165, 1.54) is 21.8 Å². The Morgan fingerprint density at radius 2 is 2.33 bits per heavy atom. The molecule has 2 heterocycles. The highest BCUT2D eigenvalue weighted by atomic mass is 32.2. The minimum atomic E-state index is -1.00. The van der Waals surface area contributed by atoms with Gasteiger partial charge >= 0.3 is 5.97 Å². The van der Waals surface area contributed by atoms with Crippen molar-refractivity contribution in [2.24, 2.45) is 0 Å². The minimum Gasteiger partial charge on any atom is -0.480 e. The van der Waals surface area contributed by atoms with Gasteiger partial charge in [-0.2, -0.15) is 11.8 Å². The number of rotatable bonds is 7. The second-order valence-corrected chi connectivity index (χ2v) is 7.10. The summed E-state index contributed by atoms with van der Waals surface area (Å²) in [5, 5.41) is 11.8. The van der Waals surface area contributed by atoms with Gasteiger partial charge in [-0.1, -0.05) is 0 Å². The van der Waals surface area contributed by atoms with Gasteiger partial charge < -0.3 is 15.2 Å². The molecular formula is C14H19NO4S2. The lowest BCUT2D eigenvalue weighted by atomic mass is 10.1. The predicted molar refractivity (Wildman–Crippen MR) is 84.2 cm³/mol. The van der Waals surface area contributed by atoms with E-state index in [1.54, 1.807) is 7.11 Å². The Morgan fingerprint density at radius 3 is 3.00 bits per heavy atom. The standard InChI is InChI=1S/C14H19NO4S2/c1-19-5-2-3-10(14(17)18)15-13(16)12-7-9-8-20-6-4-11(9)21-12/h7,10H,2-6,8H2,1H3,(H,15,16)(H,17,18). The molecule has 0 bridgehead atoms. The van der Waals surface area contributed by atoms with Crippen molar-refractivity contribution in [1.29, 1.82) is 0 Å². The van der Waals surface area contributed by atoms with Crippen LogP contribution >= 0.6 is 23.1 Å². The smallest absolute Gasteiger partial charge is 0.326 e. The normalized spacial score (nSPS) is 15.3.